The van der Waals surface area contributed by atoms with Crippen LogP contribution in [0.1, 0.15) is 72.1 Å². The van der Waals surface area contributed by atoms with Gasteiger partial charge in [-0.1, -0.05) is 20.8 Å². The molecule has 1 N–H and O–H groups in total. The van der Waals surface area contributed by atoms with Crippen molar-refractivity contribution in [3.05, 3.63) is 0 Å². The summed E-state index contributed by atoms with van der Waals surface area (Å²) in [7, 11) is 3.56. The van der Waals surface area contributed by atoms with Crippen molar-refractivity contribution in [3.63, 3.8) is 0 Å². The minimum Gasteiger partial charge on any atom is -0.300 e. The molecule has 0 bridgehead atoms. The van der Waals surface area contributed by atoms with Gasteiger partial charge in [0, 0.05) is 45.7 Å². The first-order chi connectivity index (χ1) is 10.8. The lowest BCUT2D eigenvalue weighted by atomic mass is 9.89. The Morgan fingerprint density at radius 3 is 2.00 bits per heavy atom. The van der Waals surface area contributed by atoms with Gasteiger partial charge in [0.05, 0.1) is 0 Å². The summed E-state index contributed by atoms with van der Waals surface area (Å²) in [4.78, 5) is 35.3. The van der Waals surface area contributed by atoms with Crippen molar-refractivity contribution in [2.75, 3.05) is 14.1 Å². The molecule has 0 heterocycles. The van der Waals surface area contributed by atoms with E-state index in [0.29, 0.717) is 25.7 Å². The predicted octanol–water partition coefficient (Wildman–Crippen LogP) is 3.13. The topological polar surface area (TPSA) is 66.5 Å². The molecule has 0 aliphatic heterocycles. The Balaban J connectivity index is 4.38. The first-order valence-corrected chi connectivity index (χ1v) is 8.77. The first kappa shape index (κ1) is 21.8. The number of hydrogen-bond donors (Lipinski definition) is 1. The summed E-state index contributed by atoms with van der Waals surface area (Å²) < 4.78 is 0. The predicted molar refractivity (Wildman–Crippen MR) is 92.8 cm³/mol. The fourth-order valence-electron chi connectivity index (χ4n) is 2.48. The van der Waals surface area contributed by atoms with Gasteiger partial charge in [-0.05, 0) is 31.6 Å². The third-order valence-corrected chi connectivity index (χ3v) is 3.93. The normalized spacial score (nSPS) is 12.5. The lowest BCUT2D eigenvalue weighted by Crippen LogP contribution is -2.36. The molecular weight excluding hydrogens is 292 g/mol. The standard InChI is InChI=1S/C18H34N2O3/c1-6-7-16(21)11-8-15(9-12-17(22)14(2)3)10-13-18(23)19-20(4)5/h14-15H,6-13H2,1-5H3,(H,19,23). The molecule has 0 radical (unpaired) electrons. The van der Waals surface area contributed by atoms with Gasteiger partial charge in [-0.25, -0.2) is 5.01 Å². The molecule has 0 aromatic rings. The molecule has 0 aromatic carbocycles. The highest BCUT2D eigenvalue weighted by Crippen LogP contribution is 2.21. The average molecular weight is 326 g/mol. The number of nitrogens with zero attached hydrogens (tertiary/aromatic N) is 1. The zero-order valence-electron chi connectivity index (χ0n) is 15.5. The maximum atomic E-state index is 11.8. The van der Waals surface area contributed by atoms with E-state index in [-0.39, 0.29) is 29.3 Å². The fraction of sp³-hybridized carbons (Fsp3) is 0.833. The van der Waals surface area contributed by atoms with Gasteiger partial charge < -0.3 is 0 Å². The third kappa shape index (κ3) is 11.9. The van der Waals surface area contributed by atoms with Gasteiger partial charge in [-0.2, -0.15) is 0 Å². The van der Waals surface area contributed by atoms with Crippen LogP contribution in [-0.2, 0) is 14.4 Å². The number of carbonyl (C=O) groups excluding carboxylic acids is 3. The maximum Gasteiger partial charge on any atom is 0.234 e. The minimum atomic E-state index is -0.0185. The van der Waals surface area contributed by atoms with Crippen molar-refractivity contribution < 1.29 is 14.4 Å². The summed E-state index contributed by atoms with van der Waals surface area (Å²) >= 11 is 0. The molecule has 5 nitrogen and oxygen atoms in total. The lowest BCUT2D eigenvalue weighted by molar-refractivity contribution is -0.125. The molecule has 1 unspecified atom stereocenters. The van der Waals surface area contributed by atoms with Gasteiger partial charge in [-0.15, -0.1) is 0 Å². The van der Waals surface area contributed by atoms with Crippen LogP contribution in [0.25, 0.3) is 0 Å². The Kier molecular flexibility index (Phi) is 11.6. The second-order valence-corrected chi connectivity index (χ2v) is 6.82. The van der Waals surface area contributed by atoms with Crippen LogP contribution in [0, 0.1) is 11.8 Å². The Bertz CT molecular complexity index is 378. The van der Waals surface area contributed by atoms with Crippen molar-refractivity contribution >= 4 is 17.5 Å². The van der Waals surface area contributed by atoms with Crippen LogP contribution >= 0.6 is 0 Å². The molecule has 0 aromatic heterocycles. The van der Waals surface area contributed by atoms with Crippen molar-refractivity contribution in [2.45, 2.75) is 72.1 Å². The Morgan fingerprint density at radius 2 is 1.48 bits per heavy atom. The van der Waals surface area contributed by atoms with Gasteiger partial charge in [0.15, 0.2) is 0 Å². The molecular formula is C18H34N2O3. The molecule has 1 amide bonds. The highest BCUT2D eigenvalue weighted by molar-refractivity contribution is 5.80. The van der Waals surface area contributed by atoms with E-state index < -0.39 is 0 Å². The molecule has 0 aliphatic carbocycles. The SMILES string of the molecule is CCCC(=O)CCC(CCC(=O)NN(C)C)CCC(=O)C(C)C. The van der Waals surface area contributed by atoms with Crippen LogP contribution in [0.2, 0.25) is 0 Å². The minimum absolute atomic E-state index is 0.0185. The van der Waals surface area contributed by atoms with Crippen LogP contribution in [0.15, 0.2) is 0 Å². The number of rotatable bonds is 13. The van der Waals surface area contributed by atoms with Crippen LogP contribution in [0.4, 0.5) is 0 Å². The highest BCUT2D eigenvalue weighted by atomic mass is 16.2. The van der Waals surface area contributed by atoms with Gasteiger partial charge in [0.25, 0.3) is 0 Å². The smallest absolute Gasteiger partial charge is 0.234 e. The zero-order valence-corrected chi connectivity index (χ0v) is 15.5. The number of hydrogen-bond acceptors (Lipinski definition) is 4. The summed E-state index contributed by atoms with van der Waals surface area (Å²) in [6.45, 7) is 5.82. The number of carbonyl (C=O) groups is 3. The van der Waals surface area contributed by atoms with E-state index in [9.17, 15) is 14.4 Å². The highest BCUT2D eigenvalue weighted by Gasteiger charge is 2.16. The Morgan fingerprint density at radius 1 is 0.913 bits per heavy atom. The van der Waals surface area contributed by atoms with Gasteiger partial charge in [0.1, 0.15) is 11.6 Å². The third-order valence-electron chi connectivity index (χ3n) is 3.93. The van der Waals surface area contributed by atoms with Crippen LogP contribution in [0.3, 0.4) is 0 Å². The molecule has 5 heteroatoms. The number of nitrogens with one attached hydrogen (secondary N) is 1. The maximum absolute atomic E-state index is 11.8. The second kappa shape index (κ2) is 12.2. The second-order valence-electron chi connectivity index (χ2n) is 6.82. The lowest BCUT2D eigenvalue weighted by Gasteiger charge is -2.18. The molecule has 0 saturated carbocycles. The van der Waals surface area contributed by atoms with E-state index in [0.717, 1.165) is 25.7 Å². The van der Waals surface area contributed by atoms with E-state index in [4.69, 9.17) is 0 Å². The van der Waals surface area contributed by atoms with Crippen molar-refractivity contribution in [1.82, 2.24) is 10.4 Å². The van der Waals surface area contributed by atoms with Gasteiger partial charge >= 0.3 is 0 Å². The van der Waals surface area contributed by atoms with Gasteiger partial charge in [-0.3, -0.25) is 19.8 Å². The summed E-state index contributed by atoms with van der Waals surface area (Å²) in [6, 6.07) is 0. The van der Waals surface area contributed by atoms with E-state index >= 15 is 0 Å². The van der Waals surface area contributed by atoms with E-state index in [2.05, 4.69) is 5.43 Å². The number of ketones is 2. The average Bonchev–Trinajstić information content (AvgIpc) is 2.45. The van der Waals surface area contributed by atoms with Crippen LogP contribution in [-0.4, -0.2) is 36.6 Å². The summed E-state index contributed by atoms with van der Waals surface area (Å²) in [5.74, 6) is 0.828. The van der Waals surface area contributed by atoms with Crippen molar-refractivity contribution in [2.24, 2.45) is 11.8 Å². The molecule has 134 valence electrons. The fourth-order valence-corrected chi connectivity index (χ4v) is 2.48. The van der Waals surface area contributed by atoms with E-state index in [1.165, 1.54) is 0 Å². The number of amides is 1. The molecule has 0 fully saturated rings. The van der Waals surface area contributed by atoms with Crippen molar-refractivity contribution in [3.8, 4) is 0 Å². The number of Topliss-reactive ketones (excluding diaryl/α,β-unsaturated/α-hetero) is 2. The molecule has 0 rings (SSSR count). The van der Waals surface area contributed by atoms with Gasteiger partial charge in [0.2, 0.25) is 5.91 Å². The van der Waals surface area contributed by atoms with E-state index in [1.54, 1.807) is 19.1 Å². The summed E-state index contributed by atoms with van der Waals surface area (Å²) in [6.07, 6.45) is 5.30. The molecule has 0 spiro atoms. The van der Waals surface area contributed by atoms with E-state index in [1.807, 2.05) is 20.8 Å². The molecule has 0 saturated heterocycles. The molecule has 1 atom stereocenters. The Labute approximate surface area is 141 Å². The zero-order chi connectivity index (χ0) is 17.8. The largest absolute Gasteiger partial charge is 0.300 e. The number of hydrazine groups is 1. The van der Waals surface area contributed by atoms with Crippen molar-refractivity contribution in [1.29, 1.82) is 0 Å². The van der Waals surface area contributed by atoms with Crippen LogP contribution in [0.5, 0.6) is 0 Å². The summed E-state index contributed by atoms with van der Waals surface area (Å²) in [5, 5.41) is 1.63. The monoisotopic (exact) mass is 326 g/mol. The summed E-state index contributed by atoms with van der Waals surface area (Å²) in [5.41, 5.74) is 2.73. The molecule has 23 heavy (non-hydrogen) atoms. The molecule has 0 aliphatic rings. The Hall–Kier alpha value is -1.23. The van der Waals surface area contributed by atoms with Crippen LogP contribution < -0.4 is 5.43 Å². The quantitative estimate of drug-likeness (QED) is 0.528. The first-order valence-electron chi connectivity index (χ1n) is 8.77.